The zero-order valence-electron chi connectivity index (χ0n) is 11.8. The van der Waals surface area contributed by atoms with E-state index in [0.29, 0.717) is 0 Å². The van der Waals surface area contributed by atoms with Gasteiger partial charge in [-0.3, -0.25) is 0 Å². The van der Waals surface area contributed by atoms with Gasteiger partial charge in [0.25, 0.3) is 0 Å². The average Bonchev–Trinajstić information content (AvgIpc) is 2.32. The van der Waals surface area contributed by atoms with Crippen LogP contribution in [0.1, 0.15) is 78.6 Å². The quantitative estimate of drug-likeness (QED) is 0.444. The largest absolute Gasteiger partial charge is 0.378 e. The molecule has 0 saturated heterocycles. The highest BCUT2D eigenvalue weighted by atomic mass is 16.5. The maximum absolute atomic E-state index is 5.83. The van der Waals surface area contributed by atoms with Crippen LogP contribution in [0.25, 0.3) is 0 Å². The van der Waals surface area contributed by atoms with E-state index in [0.717, 1.165) is 0 Å². The molecule has 0 rings (SSSR count). The Kier molecular flexibility index (Phi) is 10.1. The molecule has 0 aromatic rings. The van der Waals surface area contributed by atoms with E-state index in [4.69, 9.17) is 4.74 Å². The highest BCUT2D eigenvalue weighted by Crippen LogP contribution is 2.30. The van der Waals surface area contributed by atoms with Crippen LogP contribution in [-0.4, -0.2) is 12.7 Å². The van der Waals surface area contributed by atoms with Gasteiger partial charge in [0.15, 0.2) is 0 Å². The number of ether oxygens (including phenoxy) is 1. The predicted octanol–water partition coefficient (Wildman–Crippen LogP) is 5.15. The summed E-state index contributed by atoms with van der Waals surface area (Å²) < 4.78 is 5.83. The van der Waals surface area contributed by atoms with Crippen molar-refractivity contribution in [2.45, 2.75) is 84.2 Å². The first-order valence-corrected chi connectivity index (χ1v) is 7.14. The van der Waals surface area contributed by atoms with E-state index in [-0.39, 0.29) is 5.60 Å². The second-order valence-electron chi connectivity index (χ2n) is 4.82. The van der Waals surface area contributed by atoms with Crippen LogP contribution in [0.2, 0.25) is 0 Å². The Bertz CT molecular complexity index is 134. The van der Waals surface area contributed by atoms with Gasteiger partial charge in [-0.2, -0.15) is 0 Å². The number of unbranched alkanes of at least 4 members (excludes halogenated alkanes) is 4. The lowest BCUT2D eigenvalue weighted by Gasteiger charge is -2.32. The lowest BCUT2D eigenvalue weighted by atomic mass is 9.85. The molecule has 0 atom stereocenters. The van der Waals surface area contributed by atoms with Crippen molar-refractivity contribution < 1.29 is 4.74 Å². The first-order valence-electron chi connectivity index (χ1n) is 7.14. The first kappa shape index (κ1) is 16.0. The zero-order chi connectivity index (χ0) is 12.3. The van der Waals surface area contributed by atoms with Crippen molar-refractivity contribution in [3.05, 3.63) is 6.42 Å². The van der Waals surface area contributed by atoms with Crippen molar-refractivity contribution in [2.24, 2.45) is 0 Å². The Morgan fingerprint density at radius 3 is 1.75 bits per heavy atom. The summed E-state index contributed by atoms with van der Waals surface area (Å²) in [5.41, 5.74) is 0.0706. The van der Waals surface area contributed by atoms with Crippen molar-refractivity contribution >= 4 is 0 Å². The first-order chi connectivity index (χ1) is 7.74. The molecule has 16 heavy (non-hydrogen) atoms. The Morgan fingerprint density at radius 2 is 1.38 bits per heavy atom. The molecule has 0 heterocycles. The molecule has 0 N–H and O–H groups in total. The minimum absolute atomic E-state index is 0.0706. The van der Waals surface area contributed by atoms with Gasteiger partial charge in [0.2, 0.25) is 0 Å². The molecule has 0 saturated carbocycles. The summed E-state index contributed by atoms with van der Waals surface area (Å²) in [6.45, 7) is 6.76. The van der Waals surface area contributed by atoms with Gasteiger partial charge >= 0.3 is 0 Å². The SMILES string of the molecule is CCCC[CH]C(CCCC)(CCCC)OC. The number of rotatable bonds is 11. The molecule has 0 aliphatic heterocycles. The smallest absolute Gasteiger partial charge is 0.0710 e. The average molecular weight is 227 g/mol. The van der Waals surface area contributed by atoms with Crippen LogP contribution in [0.5, 0.6) is 0 Å². The fourth-order valence-corrected chi connectivity index (χ4v) is 2.14. The van der Waals surface area contributed by atoms with Crippen LogP contribution in [0.3, 0.4) is 0 Å². The minimum atomic E-state index is 0.0706. The van der Waals surface area contributed by atoms with E-state index in [1.165, 1.54) is 57.8 Å². The molecule has 0 aromatic heterocycles. The summed E-state index contributed by atoms with van der Waals surface area (Å²) in [4.78, 5) is 0. The predicted molar refractivity (Wildman–Crippen MR) is 72.6 cm³/mol. The number of methoxy groups -OCH3 is 1. The van der Waals surface area contributed by atoms with Crippen molar-refractivity contribution in [1.82, 2.24) is 0 Å². The fraction of sp³-hybridized carbons (Fsp3) is 0.933. The summed E-state index contributed by atoms with van der Waals surface area (Å²) in [6.07, 6.45) is 13.7. The monoisotopic (exact) mass is 227 g/mol. The molecule has 0 aliphatic rings. The summed E-state index contributed by atoms with van der Waals surface area (Å²) >= 11 is 0. The molecule has 0 spiro atoms. The van der Waals surface area contributed by atoms with Crippen LogP contribution in [0.4, 0.5) is 0 Å². The van der Waals surface area contributed by atoms with Crippen molar-refractivity contribution in [2.75, 3.05) is 7.11 Å². The zero-order valence-corrected chi connectivity index (χ0v) is 11.8. The summed E-state index contributed by atoms with van der Waals surface area (Å²) in [7, 11) is 1.88. The maximum atomic E-state index is 5.83. The lowest BCUT2D eigenvalue weighted by molar-refractivity contribution is -0.00241. The Hall–Kier alpha value is -0.0400. The topological polar surface area (TPSA) is 9.23 Å². The van der Waals surface area contributed by atoms with Crippen molar-refractivity contribution in [1.29, 1.82) is 0 Å². The molecule has 97 valence electrons. The third-order valence-corrected chi connectivity index (χ3v) is 3.39. The molecule has 0 unspecified atom stereocenters. The van der Waals surface area contributed by atoms with E-state index in [9.17, 15) is 0 Å². The third kappa shape index (κ3) is 6.52. The van der Waals surface area contributed by atoms with Crippen LogP contribution >= 0.6 is 0 Å². The molecule has 0 amide bonds. The van der Waals surface area contributed by atoms with E-state index in [1.807, 2.05) is 7.11 Å². The van der Waals surface area contributed by atoms with Gasteiger partial charge in [0.1, 0.15) is 0 Å². The molecule has 0 fully saturated rings. The molecule has 1 nitrogen and oxygen atoms in total. The van der Waals surface area contributed by atoms with Crippen molar-refractivity contribution in [3.8, 4) is 0 Å². The third-order valence-electron chi connectivity index (χ3n) is 3.39. The van der Waals surface area contributed by atoms with Crippen LogP contribution in [-0.2, 0) is 4.74 Å². The van der Waals surface area contributed by atoms with Gasteiger partial charge in [-0.05, 0) is 25.7 Å². The normalized spacial score (nSPS) is 12.0. The molecule has 0 bridgehead atoms. The van der Waals surface area contributed by atoms with Crippen LogP contribution in [0.15, 0.2) is 0 Å². The second-order valence-corrected chi connectivity index (χ2v) is 4.82. The Morgan fingerprint density at radius 1 is 0.875 bits per heavy atom. The molecule has 0 aliphatic carbocycles. The second kappa shape index (κ2) is 10.1. The van der Waals surface area contributed by atoms with E-state index < -0.39 is 0 Å². The van der Waals surface area contributed by atoms with Crippen molar-refractivity contribution in [3.63, 3.8) is 0 Å². The van der Waals surface area contributed by atoms with Crippen LogP contribution in [0, 0.1) is 6.42 Å². The maximum Gasteiger partial charge on any atom is 0.0710 e. The van der Waals surface area contributed by atoms with E-state index in [1.54, 1.807) is 0 Å². The minimum Gasteiger partial charge on any atom is -0.378 e. The summed E-state index contributed by atoms with van der Waals surface area (Å²) in [5.74, 6) is 0. The summed E-state index contributed by atoms with van der Waals surface area (Å²) in [5, 5.41) is 0. The molecule has 1 radical (unpaired) electrons. The highest BCUT2D eigenvalue weighted by molar-refractivity contribution is 4.94. The Balaban J connectivity index is 4.16. The molecular formula is C15H31O. The van der Waals surface area contributed by atoms with E-state index in [2.05, 4.69) is 27.2 Å². The molecule has 1 heteroatoms. The highest BCUT2D eigenvalue weighted by Gasteiger charge is 2.27. The summed E-state index contributed by atoms with van der Waals surface area (Å²) in [6, 6.07) is 0. The fourth-order valence-electron chi connectivity index (χ4n) is 2.14. The molecular weight excluding hydrogens is 196 g/mol. The van der Waals surface area contributed by atoms with Crippen LogP contribution < -0.4 is 0 Å². The van der Waals surface area contributed by atoms with Gasteiger partial charge in [-0.15, -0.1) is 0 Å². The van der Waals surface area contributed by atoms with E-state index >= 15 is 0 Å². The van der Waals surface area contributed by atoms with Gasteiger partial charge in [-0.25, -0.2) is 0 Å². The van der Waals surface area contributed by atoms with Gasteiger partial charge in [-0.1, -0.05) is 59.3 Å². The number of hydrogen-bond donors (Lipinski definition) is 0. The Labute approximate surface area is 103 Å². The lowest BCUT2D eigenvalue weighted by Crippen LogP contribution is -2.32. The molecule has 0 aromatic carbocycles. The van der Waals surface area contributed by atoms with Gasteiger partial charge in [0, 0.05) is 7.11 Å². The standard InChI is InChI=1S/C15H31O/c1-5-8-11-14-15(16-4,12-9-6-2)13-10-7-3/h14H,5-13H2,1-4H3. The van der Waals surface area contributed by atoms with Gasteiger partial charge < -0.3 is 4.74 Å². The number of hydrogen-bond acceptors (Lipinski definition) is 1. The van der Waals surface area contributed by atoms with Gasteiger partial charge in [0.05, 0.1) is 5.60 Å².